The summed E-state index contributed by atoms with van der Waals surface area (Å²) in [6.07, 6.45) is 0. The molecule has 3 rings (SSSR count). The van der Waals surface area contributed by atoms with Crippen molar-refractivity contribution >= 4 is 22.8 Å². The molecule has 27 heavy (non-hydrogen) atoms. The molecule has 0 aliphatic carbocycles. The van der Waals surface area contributed by atoms with Crippen molar-refractivity contribution in [2.24, 2.45) is 0 Å². The minimum atomic E-state index is -1.14. The fourth-order valence-electron chi connectivity index (χ4n) is 3.24. The number of fused-ring (bicyclic) bond motifs is 1. The van der Waals surface area contributed by atoms with Gasteiger partial charge < -0.3 is 14.5 Å². The minimum absolute atomic E-state index is 0.191. The van der Waals surface area contributed by atoms with Crippen LogP contribution in [0.1, 0.15) is 30.9 Å². The Labute approximate surface area is 158 Å². The molecule has 0 saturated carbocycles. The molecular weight excluding hydrogens is 342 g/mol. The van der Waals surface area contributed by atoms with Gasteiger partial charge in [0.2, 0.25) is 0 Å². The van der Waals surface area contributed by atoms with Crippen LogP contribution in [0.5, 0.6) is 0 Å². The molecule has 0 aliphatic heterocycles. The molecule has 0 fully saturated rings. The second kappa shape index (κ2) is 8.08. The van der Waals surface area contributed by atoms with Crippen molar-refractivity contribution in [2.75, 3.05) is 13.2 Å². The number of nitrogens with one attached hydrogen (secondary N) is 1. The van der Waals surface area contributed by atoms with Crippen LogP contribution in [0.3, 0.4) is 0 Å². The Balaban J connectivity index is 2.29. The maximum Gasteiger partial charge on any atom is 0.324 e. The average Bonchev–Trinajstić information content (AvgIpc) is 3.02. The maximum absolute atomic E-state index is 12.7. The molecule has 1 aromatic heterocycles. The van der Waals surface area contributed by atoms with Gasteiger partial charge in [0.05, 0.1) is 18.9 Å². The molecule has 2 aromatic carbocycles. The van der Waals surface area contributed by atoms with Gasteiger partial charge in [-0.25, -0.2) is 0 Å². The highest BCUT2D eigenvalue weighted by molar-refractivity contribution is 6.07. The van der Waals surface area contributed by atoms with Crippen LogP contribution in [0, 0.1) is 6.92 Å². The Hall–Kier alpha value is -3.08. The van der Waals surface area contributed by atoms with E-state index in [0.29, 0.717) is 5.56 Å². The van der Waals surface area contributed by atoms with Crippen molar-refractivity contribution in [3.8, 4) is 11.3 Å². The zero-order valence-corrected chi connectivity index (χ0v) is 15.7. The van der Waals surface area contributed by atoms with Crippen molar-refractivity contribution in [1.82, 2.24) is 4.98 Å². The third-order valence-electron chi connectivity index (χ3n) is 4.39. The number of aromatic nitrogens is 1. The largest absolute Gasteiger partial charge is 0.465 e. The monoisotopic (exact) mass is 365 g/mol. The number of benzene rings is 2. The number of aryl methyl sites for hydroxylation is 1. The van der Waals surface area contributed by atoms with Crippen molar-refractivity contribution in [2.45, 2.75) is 26.7 Å². The molecule has 0 aliphatic rings. The molecule has 5 nitrogen and oxygen atoms in total. The van der Waals surface area contributed by atoms with Gasteiger partial charge in [-0.3, -0.25) is 9.59 Å². The van der Waals surface area contributed by atoms with E-state index in [4.69, 9.17) is 9.47 Å². The van der Waals surface area contributed by atoms with Gasteiger partial charge in [0.25, 0.3) is 0 Å². The number of esters is 2. The van der Waals surface area contributed by atoms with Crippen LogP contribution in [-0.2, 0) is 19.1 Å². The Morgan fingerprint density at radius 3 is 2.19 bits per heavy atom. The number of carbonyl (C=O) groups is 2. The van der Waals surface area contributed by atoms with E-state index in [-0.39, 0.29) is 13.2 Å². The molecule has 0 unspecified atom stereocenters. The quantitative estimate of drug-likeness (QED) is 0.521. The number of hydrogen-bond acceptors (Lipinski definition) is 4. The zero-order valence-electron chi connectivity index (χ0n) is 15.7. The molecule has 140 valence electrons. The van der Waals surface area contributed by atoms with E-state index in [1.165, 1.54) is 0 Å². The van der Waals surface area contributed by atoms with E-state index in [0.717, 1.165) is 27.7 Å². The first-order chi connectivity index (χ1) is 13.1. The molecule has 5 heteroatoms. The molecule has 0 amide bonds. The summed E-state index contributed by atoms with van der Waals surface area (Å²) < 4.78 is 10.4. The Morgan fingerprint density at radius 1 is 0.963 bits per heavy atom. The standard InChI is InChI=1S/C22H23NO4/c1-4-26-21(24)19(22(25)27-5-2)18-16-13-14(3)11-12-17(16)23-20(18)15-9-7-6-8-10-15/h6-13,19,23H,4-5H2,1-3H3. The second-order valence-electron chi connectivity index (χ2n) is 6.27. The number of ether oxygens (including phenoxy) is 2. The zero-order chi connectivity index (χ0) is 19.4. The van der Waals surface area contributed by atoms with Gasteiger partial charge in [-0.05, 0) is 38.5 Å². The Kier molecular flexibility index (Phi) is 5.60. The summed E-state index contributed by atoms with van der Waals surface area (Å²) in [5, 5.41) is 0.819. The van der Waals surface area contributed by atoms with E-state index in [1.807, 2.05) is 55.5 Å². The van der Waals surface area contributed by atoms with Gasteiger partial charge in [0.15, 0.2) is 5.92 Å². The van der Waals surface area contributed by atoms with Gasteiger partial charge in [-0.2, -0.15) is 0 Å². The van der Waals surface area contributed by atoms with Crippen LogP contribution in [0.4, 0.5) is 0 Å². The molecule has 3 aromatic rings. The van der Waals surface area contributed by atoms with E-state index in [2.05, 4.69) is 4.98 Å². The van der Waals surface area contributed by atoms with Crippen LogP contribution < -0.4 is 0 Å². The lowest BCUT2D eigenvalue weighted by Crippen LogP contribution is -2.26. The van der Waals surface area contributed by atoms with Crippen LogP contribution >= 0.6 is 0 Å². The molecule has 0 saturated heterocycles. The summed E-state index contributed by atoms with van der Waals surface area (Å²) >= 11 is 0. The fraction of sp³-hybridized carbons (Fsp3) is 0.273. The van der Waals surface area contributed by atoms with Crippen molar-refractivity contribution in [3.63, 3.8) is 0 Å². The van der Waals surface area contributed by atoms with Crippen LogP contribution in [-0.4, -0.2) is 30.1 Å². The summed E-state index contributed by atoms with van der Waals surface area (Å²) in [6.45, 7) is 5.80. The Morgan fingerprint density at radius 2 is 1.59 bits per heavy atom. The first kappa shape index (κ1) is 18.7. The highest BCUT2D eigenvalue weighted by Gasteiger charge is 2.36. The number of H-pyrrole nitrogens is 1. The highest BCUT2D eigenvalue weighted by atomic mass is 16.6. The summed E-state index contributed by atoms with van der Waals surface area (Å²) in [6, 6.07) is 15.5. The molecule has 0 bridgehead atoms. The van der Waals surface area contributed by atoms with Crippen LogP contribution in [0.2, 0.25) is 0 Å². The topological polar surface area (TPSA) is 68.4 Å². The van der Waals surface area contributed by atoms with Gasteiger partial charge in [0.1, 0.15) is 0 Å². The summed E-state index contributed by atoms with van der Waals surface area (Å²) in [5.74, 6) is -2.35. The first-order valence-corrected chi connectivity index (χ1v) is 9.07. The molecule has 0 atom stereocenters. The second-order valence-corrected chi connectivity index (χ2v) is 6.27. The molecule has 1 heterocycles. The lowest BCUT2D eigenvalue weighted by atomic mass is 9.92. The number of hydrogen-bond donors (Lipinski definition) is 1. The van der Waals surface area contributed by atoms with Crippen molar-refractivity contribution in [3.05, 3.63) is 59.7 Å². The third-order valence-corrected chi connectivity index (χ3v) is 4.39. The van der Waals surface area contributed by atoms with Gasteiger partial charge in [-0.1, -0.05) is 42.0 Å². The fourth-order valence-corrected chi connectivity index (χ4v) is 3.24. The predicted octanol–water partition coefficient (Wildman–Crippen LogP) is 4.35. The van der Waals surface area contributed by atoms with E-state index >= 15 is 0 Å². The average molecular weight is 365 g/mol. The predicted molar refractivity (Wildman–Crippen MR) is 104 cm³/mol. The first-order valence-electron chi connectivity index (χ1n) is 9.07. The van der Waals surface area contributed by atoms with Crippen LogP contribution in [0.15, 0.2) is 48.5 Å². The summed E-state index contributed by atoms with van der Waals surface area (Å²) in [5.41, 5.74) is 4.10. The molecular formula is C22H23NO4. The maximum atomic E-state index is 12.7. The number of rotatable bonds is 6. The van der Waals surface area contributed by atoms with Gasteiger partial charge in [-0.15, -0.1) is 0 Å². The molecule has 0 radical (unpaired) electrons. The SMILES string of the molecule is CCOC(=O)C(C(=O)OCC)c1c(-c2ccccc2)[nH]c2ccc(C)cc12. The normalized spacial score (nSPS) is 11.0. The smallest absolute Gasteiger partial charge is 0.324 e. The van der Waals surface area contributed by atoms with E-state index < -0.39 is 17.9 Å². The summed E-state index contributed by atoms with van der Waals surface area (Å²) in [4.78, 5) is 28.8. The highest BCUT2D eigenvalue weighted by Crippen LogP contribution is 2.37. The molecule has 1 N–H and O–H groups in total. The van der Waals surface area contributed by atoms with E-state index in [1.54, 1.807) is 13.8 Å². The van der Waals surface area contributed by atoms with E-state index in [9.17, 15) is 9.59 Å². The van der Waals surface area contributed by atoms with Crippen LogP contribution in [0.25, 0.3) is 22.2 Å². The number of carbonyl (C=O) groups excluding carboxylic acids is 2. The van der Waals surface area contributed by atoms with Gasteiger partial charge >= 0.3 is 11.9 Å². The molecule has 0 spiro atoms. The summed E-state index contributed by atoms with van der Waals surface area (Å²) in [7, 11) is 0. The minimum Gasteiger partial charge on any atom is -0.465 e. The van der Waals surface area contributed by atoms with Gasteiger partial charge in [0, 0.05) is 16.5 Å². The Bertz CT molecular complexity index is 941. The third kappa shape index (κ3) is 3.72. The number of aromatic amines is 1. The lowest BCUT2D eigenvalue weighted by molar-refractivity contribution is -0.156. The van der Waals surface area contributed by atoms with Crippen molar-refractivity contribution in [1.29, 1.82) is 0 Å². The van der Waals surface area contributed by atoms with Crippen molar-refractivity contribution < 1.29 is 19.1 Å². The lowest BCUT2D eigenvalue weighted by Gasteiger charge is -2.16.